The SMILES string of the molecule is CCCC(CNCC(C)C)N(CCOC)C(CC)CC. The third kappa shape index (κ3) is 8.23. The zero-order chi connectivity index (χ0) is 15.4. The fourth-order valence-corrected chi connectivity index (χ4v) is 2.87. The molecule has 0 radical (unpaired) electrons. The van der Waals surface area contributed by atoms with Crippen molar-refractivity contribution in [1.82, 2.24) is 10.2 Å². The van der Waals surface area contributed by atoms with Crippen molar-refractivity contribution in [3.8, 4) is 0 Å². The number of hydrogen-bond acceptors (Lipinski definition) is 3. The highest BCUT2D eigenvalue weighted by Gasteiger charge is 2.23. The number of rotatable bonds is 13. The van der Waals surface area contributed by atoms with Gasteiger partial charge in [-0.05, 0) is 31.7 Å². The van der Waals surface area contributed by atoms with Crippen LogP contribution in [0.25, 0.3) is 0 Å². The molecule has 0 heterocycles. The number of methoxy groups -OCH3 is 1. The van der Waals surface area contributed by atoms with Crippen LogP contribution in [0.1, 0.15) is 60.3 Å². The van der Waals surface area contributed by atoms with Crippen LogP contribution in [0.3, 0.4) is 0 Å². The van der Waals surface area contributed by atoms with Gasteiger partial charge >= 0.3 is 0 Å². The summed E-state index contributed by atoms with van der Waals surface area (Å²) in [6.45, 7) is 15.5. The van der Waals surface area contributed by atoms with Crippen LogP contribution < -0.4 is 5.32 Å². The Labute approximate surface area is 127 Å². The van der Waals surface area contributed by atoms with Crippen molar-refractivity contribution in [2.24, 2.45) is 5.92 Å². The number of nitrogens with one attached hydrogen (secondary N) is 1. The first-order valence-electron chi connectivity index (χ1n) is 8.55. The van der Waals surface area contributed by atoms with E-state index < -0.39 is 0 Å². The molecule has 0 rings (SSSR count). The molecule has 0 aliphatic heterocycles. The molecule has 0 aromatic rings. The molecule has 0 spiro atoms. The van der Waals surface area contributed by atoms with Crippen LogP contribution in [0.5, 0.6) is 0 Å². The summed E-state index contributed by atoms with van der Waals surface area (Å²) in [5.41, 5.74) is 0. The van der Waals surface area contributed by atoms with Crippen LogP contribution in [-0.4, -0.2) is 50.3 Å². The normalized spacial score (nSPS) is 13.7. The summed E-state index contributed by atoms with van der Waals surface area (Å²) in [6, 6.07) is 1.32. The summed E-state index contributed by atoms with van der Waals surface area (Å²) in [7, 11) is 1.80. The Balaban J connectivity index is 4.61. The van der Waals surface area contributed by atoms with Gasteiger partial charge in [-0.15, -0.1) is 0 Å². The number of ether oxygens (including phenoxy) is 1. The van der Waals surface area contributed by atoms with Crippen LogP contribution >= 0.6 is 0 Å². The quantitative estimate of drug-likeness (QED) is 0.560. The molecule has 0 saturated carbocycles. The molecule has 3 heteroatoms. The second kappa shape index (κ2) is 12.6. The standard InChI is InChI=1S/C17H38N2O/c1-7-10-17(14-18-13-15(4)5)19(11-12-20-6)16(8-2)9-3/h15-18H,7-14H2,1-6H3. The molecule has 20 heavy (non-hydrogen) atoms. The highest BCUT2D eigenvalue weighted by molar-refractivity contribution is 4.80. The number of nitrogens with zero attached hydrogens (tertiary/aromatic N) is 1. The maximum atomic E-state index is 5.32. The minimum atomic E-state index is 0.638. The van der Waals surface area contributed by atoms with E-state index in [9.17, 15) is 0 Å². The van der Waals surface area contributed by atoms with Gasteiger partial charge in [-0.2, -0.15) is 0 Å². The van der Waals surface area contributed by atoms with Crippen LogP contribution in [0.4, 0.5) is 0 Å². The van der Waals surface area contributed by atoms with E-state index in [4.69, 9.17) is 4.74 Å². The molecule has 1 unspecified atom stereocenters. The Hall–Kier alpha value is -0.120. The molecular formula is C17H38N2O. The molecule has 122 valence electrons. The summed E-state index contributed by atoms with van der Waals surface area (Å²) >= 11 is 0. The summed E-state index contributed by atoms with van der Waals surface area (Å²) in [6.07, 6.45) is 4.97. The Morgan fingerprint density at radius 2 is 1.65 bits per heavy atom. The maximum absolute atomic E-state index is 5.32. The zero-order valence-corrected chi connectivity index (χ0v) is 14.7. The lowest BCUT2D eigenvalue weighted by Gasteiger charge is -2.38. The van der Waals surface area contributed by atoms with Crippen molar-refractivity contribution >= 4 is 0 Å². The van der Waals surface area contributed by atoms with E-state index >= 15 is 0 Å². The van der Waals surface area contributed by atoms with E-state index in [-0.39, 0.29) is 0 Å². The Morgan fingerprint density at radius 3 is 2.10 bits per heavy atom. The molecule has 0 aromatic heterocycles. The smallest absolute Gasteiger partial charge is 0.0589 e. The first kappa shape index (κ1) is 19.9. The third-order valence-electron chi connectivity index (χ3n) is 3.99. The predicted molar refractivity (Wildman–Crippen MR) is 89.4 cm³/mol. The topological polar surface area (TPSA) is 24.5 Å². The Morgan fingerprint density at radius 1 is 1.00 bits per heavy atom. The highest BCUT2D eigenvalue weighted by Crippen LogP contribution is 2.16. The molecule has 0 aliphatic carbocycles. The van der Waals surface area contributed by atoms with Gasteiger partial charge in [0.05, 0.1) is 6.61 Å². The van der Waals surface area contributed by atoms with Crippen molar-refractivity contribution in [3.05, 3.63) is 0 Å². The third-order valence-corrected chi connectivity index (χ3v) is 3.99. The van der Waals surface area contributed by atoms with Crippen LogP contribution in [0.15, 0.2) is 0 Å². The van der Waals surface area contributed by atoms with Gasteiger partial charge in [0.1, 0.15) is 0 Å². The second-order valence-electron chi connectivity index (χ2n) is 6.20. The largest absolute Gasteiger partial charge is 0.383 e. The fraction of sp³-hybridized carbons (Fsp3) is 1.00. The monoisotopic (exact) mass is 286 g/mol. The van der Waals surface area contributed by atoms with Crippen molar-refractivity contribution in [3.63, 3.8) is 0 Å². The van der Waals surface area contributed by atoms with E-state index in [1.54, 1.807) is 7.11 Å². The van der Waals surface area contributed by atoms with Gasteiger partial charge in [-0.1, -0.05) is 41.0 Å². The highest BCUT2D eigenvalue weighted by atomic mass is 16.5. The van der Waals surface area contributed by atoms with Gasteiger partial charge in [0.25, 0.3) is 0 Å². The predicted octanol–water partition coefficient (Wildman–Crippen LogP) is 3.54. The zero-order valence-electron chi connectivity index (χ0n) is 14.7. The fourth-order valence-electron chi connectivity index (χ4n) is 2.87. The minimum absolute atomic E-state index is 0.638. The van der Waals surface area contributed by atoms with E-state index in [0.717, 1.165) is 32.2 Å². The molecule has 0 amide bonds. The van der Waals surface area contributed by atoms with Crippen LogP contribution in [-0.2, 0) is 4.74 Å². The molecule has 3 nitrogen and oxygen atoms in total. The molecule has 1 atom stereocenters. The van der Waals surface area contributed by atoms with E-state index in [1.807, 2.05) is 0 Å². The first-order chi connectivity index (χ1) is 9.60. The van der Waals surface area contributed by atoms with Gasteiger partial charge in [0.2, 0.25) is 0 Å². The average molecular weight is 287 g/mol. The summed E-state index contributed by atoms with van der Waals surface area (Å²) in [5.74, 6) is 0.720. The Kier molecular flexibility index (Phi) is 12.5. The summed E-state index contributed by atoms with van der Waals surface area (Å²) in [5, 5.41) is 3.65. The van der Waals surface area contributed by atoms with Gasteiger partial charge < -0.3 is 10.1 Å². The summed E-state index contributed by atoms with van der Waals surface area (Å²) < 4.78 is 5.32. The van der Waals surface area contributed by atoms with Crippen molar-refractivity contribution in [1.29, 1.82) is 0 Å². The van der Waals surface area contributed by atoms with Gasteiger partial charge in [0.15, 0.2) is 0 Å². The minimum Gasteiger partial charge on any atom is -0.383 e. The van der Waals surface area contributed by atoms with E-state index in [0.29, 0.717) is 12.1 Å². The first-order valence-corrected chi connectivity index (χ1v) is 8.55. The Bertz CT molecular complexity index is 205. The van der Waals surface area contributed by atoms with E-state index in [2.05, 4.69) is 44.8 Å². The van der Waals surface area contributed by atoms with Gasteiger partial charge in [-0.3, -0.25) is 4.90 Å². The lowest BCUT2D eigenvalue weighted by Crippen LogP contribution is -2.49. The molecule has 0 fully saturated rings. The van der Waals surface area contributed by atoms with Gasteiger partial charge in [-0.25, -0.2) is 0 Å². The lowest BCUT2D eigenvalue weighted by atomic mass is 10.0. The van der Waals surface area contributed by atoms with Crippen molar-refractivity contribution in [2.75, 3.05) is 33.4 Å². The molecule has 0 saturated heterocycles. The molecule has 0 bridgehead atoms. The van der Waals surface area contributed by atoms with Crippen molar-refractivity contribution < 1.29 is 4.74 Å². The second-order valence-corrected chi connectivity index (χ2v) is 6.20. The molecule has 0 aliphatic rings. The summed E-state index contributed by atoms with van der Waals surface area (Å²) in [4.78, 5) is 2.68. The van der Waals surface area contributed by atoms with E-state index in [1.165, 1.54) is 25.7 Å². The maximum Gasteiger partial charge on any atom is 0.0589 e. The molecular weight excluding hydrogens is 248 g/mol. The molecule has 0 aromatic carbocycles. The van der Waals surface area contributed by atoms with Gasteiger partial charge in [0, 0.05) is 32.3 Å². The van der Waals surface area contributed by atoms with Crippen molar-refractivity contribution in [2.45, 2.75) is 72.4 Å². The van der Waals surface area contributed by atoms with Crippen LogP contribution in [0.2, 0.25) is 0 Å². The lowest BCUT2D eigenvalue weighted by molar-refractivity contribution is 0.0744. The molecule has 1 N–H and O–H groups in total. The average Bonchev–Trinajstić information content (AvgIpc) is 2.42. The van der Waals surface area contributed by atoms with Crippen LogP contribution in [0, 0.1) is 5.92 Å². The number of hydrogen-bond donors (Lipinski definition) is 1.